The van der Waals surface area contributed by atoms with Crippen molar-refractivity contribution in [2.24, 2.45) is 10.4 Å². The number of alkyl halides is 3. The van der Waals surface area contributed by atoms with Gasteiger partial charge in [-0.2, -0.15) is 13.2 Å². The summed E-state index contributed by atoms with van der Waals surface area (Å²) in [5.74, 6) is 0. The molecule has 0 radical (unpaired) electrons. The van der Waals surface area contributed by atoms with Crippen LogP contribution in [0.5, 0.6) is 0 Å². The standard InChI is InChI=1S/C8H14F3N/c1-6(7(2,3)4)12-5-8(9,10)11/h5-6H,1-4H3/t6-/m1/s1. The summed E-state index contributed by atoms with van der Waals surface area (Å²) in [6.45, 7) is 7.23. The third-order valence-electron chi connectivity index (χ3n) is 1.70. The maximum atomic E-state index is 11.7. The van der Waals surface area contributed by atoms with Gasteiger partial charge in [-0.25, -0.2) is 0 Å². The van der Waals surface area contributed by atoms with Crippen molar-refractivity contribution < 1.29 is 13.2 Å². The van der Waals surface area contributed by atoms with Crippen molar-refractivity contribution in [3.8, 4) is 0 Å². The Labute approximate surface area is 70.7 Å². The lowest BCUT2D eigenvalue weighted by Gasteiger charge is -2.23. The number of hydrogen-bond donors (Lipinski definition) is 0. The molecule has 0 bridgehead atoms. The third-order valence-corrected chi connectivity index (χ3v) is 1.70. The smallest absolute Gasteiger partial charge is 0.285 e. The number of rotatable bonds is 1. The van der Waals surface area contributed by atoms with Crippen LogP contribution >= 0.6 is 0 Å². The molecule has 0 fully saturated rings. The second-order valence-corrected chi connectivity index (χ2v) is 3.86. The first-order chi connectivity index (χ1) is 5.13. The fraction of sp³-hybridized carbons (Fsp3) is 0.875. The van der Waals surface area contributed by atoms with Gasteiger partial charge in [-0.05, 0) is 12.3 Å². The Morgan fingerprint density at radius 2 is 1.58 bits per heavy atom. The molecule has 0 unspecified atom stereocenters. The molecule has 0 aromatic heterocycles. The number of aliphatic imine (C=N–C) groups is 1. The topological polar surface area (TPSA) is 12.4 Å². The van der Waals surface area contributed by atoms with Crippen LogP contribution in [0.1, 0.15) is 27.7 Å². The molecule has 0 aromatic rings. The molecule has 1 nitrogen and oxygen atoms in total. The molecule has 0 amide bonds. The van der Waals surface area contributed by atoms with Gasteiger partial charge in [-0.3, -0.25) is 4.99 Å². The van der Waals surface area contributed by atoms with Crippen LogP contribution in [0.25, 0.3) is 0 Å². The largest absolute Gasteiger partial charge is 0.426 e. The van der Waals surface area contributed by atoms with Crippen LogP contribution in [0.2, 0.25) is 0 Å². The van der Waals surface area contributed by atoms with E-state index in [0.29, 0.717) is 0 Å². The summed E-state index contributed by atoms with van der Waals surface area (Å²) in [4.78, 5) is 3.42. The van der Waals surface area contributed by atoms with Crippen LogP contribution in [0.15, 0.2) is 4.99 Å². The molecule has 12 heavy (non-hydrogen) atoms. The fourth-order valence-electron chi connectivity index (χ4n) is 0.420. The first-order valence-electron chi connectivity index (χ1n) is 3.74. The van der Waals surface area contributed by atoms with E-state index in [9.17, 15) is 13.2 Å². The van der Waals surface area contributed by atoms with Crippen molar-refractivity contribution in [3.05, 3.63) is 0 Å². The SMILES string of the molecule is C[C@@H](N=CC(F)(F)F)C(C)(C)C. The second kappa shape index (κ2) is 3.46. The maximum Gasteiger partial charge on any atom is 0.426 e. The highest BCUT2D eigenvalue weighted by molar-refractivity contribution is 5.64. The molecule has 0 rings (SSSR count). The van der Waals surface area contributed by atoms with Crippen LogP contribution in [-0.4, -0.2) is 18.4 Å². The summed E-state index contributed by atoms with van der Waals surface area (Å²) in [5.41, 5.74) is -0.220. The van der Waals surface area contributed by atoms with Crippen molar-refractivity contribution in [1.29, 1.82) is 0 Å². The minimum absolute atomic E-state index is 0.0584. The van der Waals surface area contributed by atoms with Crippen molar-refractivity contribution >= 4 is 6.21 Å². The minimum Gasteiger partial charge on any atom is -0.285 e. The van der Waals surface area contributed by atoms with Crippen LogP contribution < -0.4 is 0 Å². The Balaban J connectivity index is 4.19. The summed E-state index contributed by atoms with van der Waals surface area (Å²) in [6.07, 6.45) is -4.23. The molecule has 4 heteroatoms. The van der Waals surface area contributed by atoms with E-state index in [4.69, 9.17) is 0 Å². The average Bonchev–Trinajstić information content (AvgIpc) is 1.78. The molecular weight excluding hydrogens is 167 g/mol. The highest BCUT2D eigenvalue weighted by atomic mass is 19.4. The van der Waals surface area contributed by atoms with Gasteiger partial charge in [-0.15, -0.1) is 0 Å². The number of nitrogens with zero attached hydrogens (tertiary/aromatic N) is 1. The Bertz CT molecular complexity index is 164. The predicted molar refractivity (Wildman–Crippen MR) is 43.5 cm³/mol. The summed E-state index contributed by atoms with van der Waals surface area (Å²) in [5, 5.41) is 0. The molecule has 1 atom stereocenters. The first-order valence-corrected chi connectivity index (χ1v) is 3.74. The molecule has 0 aliphatic heterocycles. The van der Waals surface area contributed by atoms with Gasteiger partial charge in [0.25, 0.3) is 0 Å². The lowest BCUT2D eigenvalue weighted by molar-refractivity contribution is -0.0540. The highest BCUT2D eigenvalue weighted by Gasteiger charge is 2.26. The van der Waals surface area contributed by atoms with E-state index in [-0.39, 0.29) is 17.7 Å². The second-order valence-electron chi connectivity index (χ2n) is 3.86. The van der Waals surface area contributed by atoms with Gasteiger partial charge >= 0.3 is 6.18 Å². The molecular formula is C8H14F3N. The van der Waals surface area contributed by atoms with Gasteiger partial charge in [0.05, 0.1) is 6.04 Å². The number of halogens is 3. The molecule has 72 valence electrons. The van der Waals surface area contributed by atoms with Crippen LogP contribution in [0, 0.1) is 5.41 Å². The van der Waals surface area contributed by atoms with E-state index in [1.165, 1.54) is 0 Å². The van der Waals surface area contributed by atoms with Gasteiger partial charge in [0.15, 0.2) is 0 Å². The number of hydrogen-bond acceptors (Lipinski definition) is 1. The van der Waals surface area contributed by atoms with Crippen molar-refractivity contribution in [1.82, 2.24) is 0 Å². The molecule has 0 aromatic carbocycles. The maximum absolute atomic E-state index is 11.7. The monoisotopic (exact) mass is 181 g/mol. The Kier molecular flexibility index (Phi) is 3.30. The average molecular weight is 181 g/mol. The zero-order valence-electron chi connectivity index (χ0n) is 7.74. The molecule has 0 heterocycles. The van der Waals surface area contributed by atoms with Gasteiger partial charge in [0, 0.05) is 0 Å². The van der Waals surface area contributed by atoms with E-state index in [0.717, 1.165) is 0 Å². The molecule has 0 aliphatic carbocycles. The zero-order chi connectivity index (χ0) is 9.99. The molecule has 0 saturated carbocycles. The summed E-state index contributed by atoms with van der Waals surface area (Å²) >= 11 is 0. The van der Waals surface area contributed by atoms with Crippen LogP contribution in [0.3, 0.4) is 0 Å². The van der Waals surface area contributed by atoms with Crippen LogP contribution in [0.4, 0.5) is 13.2 Å². The molecule has 0 saturated heterocycles. The van der Waals surface area contributed by atoms with E-state index in [2.05, 4.69) is 4.99 Å². The van der Waals surface area contributed by atoms with E-state index in [1.807, 2.05) is 20.8 Å². The van der Waals surface area contributed by atoms with Gasteiger partial charge in [0.2, 0.25) is 0 Å². The van der Waals surface area contributed by atoms with E-state index in [1.54, 1.807) is 6.92 Å². The van der Waals surface area contributed by atoms with Gasteiger partial charge < -0.3 is 0 Å². The highest BCUT2D eigenvalue weighted by Crippen LogP contribution is 2.22. The van der Waals surface area contributed by atoms with E-state index < -0.39 is 6.18 Å². The van der Waals surface area contributed by atoms with Crippen molar-refractivity contribution in [3.63, 3.8) is 0 Å². The third kappa shape index (κ3) is 5.16. The summed E-state index contributed by atoms with van der Waals surface area (Å²) < 4.78 is 35.0. The predicted octanol–water partition coefficient (Wildman–Crippen LogP) is 3.05. The fourth-order valence-corrected chi connectivity index (χ4v) is 0.420. The van der Waals surface area contributed by atoms with Gasteiger partial charge in [-0.1, -0.05) is 20.8 Å². The van der Waals surface area contributed by atoms with E-state index >= 15 is 0 Å². The lowest BCUT2D eigenvalue weighted by Crippen LogP contribution is -2.22. The molecule has 0 spiro atoms. The quantitative estimate of drug-likeness (QED) is 0.551. The summed E-state index contributed by atoms with van der Waals surface area (Å²) in [7, 11) is 0. The Morgan fingerprint density at radius 3 is 1.83 bits per heavy atom. The molecule has 0 aliphatic rings. The van der Waals surface area contributed by atoms with Gasteiger partial charge in [0.1, 0.15) is 6.21 Å². The van der Waals surface area contributed by atoms with Crippen molar-refractivity contribution in [2.75, 3.05) is 0 Å². The zero-order valence-corrected chi connectivity index (χ0v) is 7.74. The van der Waals surface area contributed by atoms with Crippen LogP contribution in [-0.2, 0) is 0 Å². The molecule has 0 N–H and O–H groups in total. The normalized spacial score (nSPS) is 16.9. The summed E-state index contributed by atoms with van der Waals surface area (Å²) in [6, 6.07) is -0.320. The Hall–Kier alpha value is -0.540. The Morgan fingerprint density at radius 1 is 1.17 bits per heavy atom. The van der Waals surface area contributed by atoms with Crippen molar-refractivity contribution in [2.45, 2.75) is 39.9 Å². The first kappa shape index (κ1) is 11.5. The lowest BCUT2D eigenvalue weighted by atomic mass is 9.89. The minimum atomic E-state index is -4.29.